The number of amides is 1. The Bertz CT molecular complexity index is 302. The Morgan fingerprint density at radius 2 is 1.92 bits per heavy atom. The smallest absolute Gasteiger partial charge is 0.337 e. The average Bonchev–Trinajstić information content (AvgIpc) is 2.05. The Kier molecular flexibility index (Phi) is 3.78. The summed E-state index contributed by atoms with van der Waals surface area (Å²) in [6.45, 7) is 0.318. The number of rotatable bonds is 0. The van der Waals surface area contributed by atoms with Crippen LogP contribution in [0.4, 0.5) is 0 Å². The molecule has 0 radical (unpaired) electrons. The summed E-state index contributed by atoms with van der Waals surface area (Å²) in [6, 6.07) is 0. The Morgan fingerprint density at radius 1 is 1.54 bits per heavy atom. The van der Waals surface area contributed by atoms with Crippen molar-refractivity contribution in [3.05, 3.63) is 0 Å². The molecule has 0 bridgehead atoms. The lowest BCUT2D eigenvalue weighted by Crippen LogP contribution is -2.25. The maximum Gasteiger partial charge on any atom is 0.394 e. The maximum absolute atomic E-state index is 10.4. The van der Waals surface area contributed by atoms with Crippen LogP contribution in [0.5, 0.6) is 0 Å². The second-order valence-corrected chi connectivity index (χ2v) is 3.10. The molecule has 1 aliphatic rings. The molecule has 9 heteroatoms. The number of guanidine groups is 1. The Balaban J connectivity index is 0.000000252. The predicted octanol–water partition coefficient (Wildman–Crippen LogP) is -1.67. The molecule has 1 heterocycles. The largest absolute Gasteiger partial charge is 0.394 e. The van der Waals surface area contributed by atoms with Crippen LogP contribution in [0.1, 0.15) is 0 Å². The highest BCUT2D eigenvalue weighted by Crippen LogP contribution is 1.89. The van der Waals surface area contributed by atoms with Crippen LogP contribution in [0.2, 0.25) is 0 Å². The molecule has 13 heavy (non-hydrogen) atoms. The number of carbonyl (C=O) groups is 1. The van der Waals surface area contributed by atoms with E-state index < -0.39 is 10.4 Å². The Morgan fingerprint density at radius 3 is 2.00 bits per heavy atom. The second kappa shape index (κ2) is 4.16. The topological polar surface area (TPSA) is 131 Å². The number of nitrogens with zero attached hydrogens (tertiary/aromatic N) is 1. The van der Waals surface area contributed by atoms with Crippen LogP contribution in [0.15, 0.2) is 0 Å². The van der Waals surface area contributed by atoms with Gasteiger partial charge in [0.15, 0.2) is 5.96 Å². The zero-order valence-corrected chi connectivity index (χ0v) is 7.50. The minimum absolute atomic E-state index is 0.0995. The van der Waals surface area contributed by atoms with Crippen molar-refractivity contribution in [3.8, 4) is 0 Å². The molecular formula is C4H9N3O5S. The first-order valence-corrected chi connectivity index (χ1v) is 4.39. The van der Waals surface area contributed by atoms with E-state index in [1.165, 1.54) is 0 Å². The molecule has 1 amide bonds. The van der Waals surface area contributed by atoms with Gasteiger partial charge in [-0.2, -0.15) is 8.42 Å². The lowest BCUT2D eigenvalue weighted by molar-refractivity contribution is -0.118. The molecule has 1 fully saturated rings. The number of likely N-dealkylation sites (N-methyl/N-ethyl adjacent to an activating group) is 1. The molecule has 0 unspecified atom stereocenters. The third kappa shape index (κ3) is 7.18. The van der Waals surface area contributed by atoms with Crippen molar-refractivity contribution in [1.29, 1.82) is 5.41 Å². The molecule has 0 spiro atoms. The van der Waals surface area contributed by atoms with Crippen molar-refractivity contribution in [2.24, 2.45) is 0 Å². The maximum atomic E-state index is 10.4. The fourth-order valence-corrected chi connectivity index (χ4v) is 0.561. The first kappa shape index (κ1) is 11.8. The van der Waals surface area contributed by atoms with Crippen molar-refractivity contribution in [1.82, 2.24) is 10.2 Å². The summed E-state index contributed by atoms with van der Waals surface area (Å²) >= 11 is 0. The van der Waals surface area contributed by atoms with E-state index in [-0.39, 0.29) is 11.9 Å². The highest BCUT2D eigenvalue weighted by Gasteiger charge is 2.18. The molecule has 0 aromatic rings. The number of carbonyl (C=O) groups excluding carboxylic acids is 1. The summed E-state index contributed by atoms with van der Waals surface area (Å²) in [4.78, 5) is 11.9. The van der Waals surface area contributed by atoms with Crippen LogP contribution in [0.3, 0.4) is 0 Å². The molecule has 1 rings (SSSR count). The van der Waals surface area contributed by atoms with E-state index in [9.17, 15) is 4.79 Å². The van der Waals surface area contributed by atoms with E-state index in [1.807, 2.05) is 0 Å². The van der Waals surface area contributed by atoms with Crippen LogP contribution in [0, 0.1) is 5.41 Å². The van der Waals surface area contributed by atoms with Gasteiger partial charge >= 0.3 is 10.4 Å². The fraction of sp³-hybridized carbons (Fsp3) is 0.500. The van der Waals surface area contributed by atoms with Crippen LogP contribution in [-0.4, -0.2) is 47.9 Å². The summed E-state index contributed by atoms with van der Waals surface area (Å²) in [7, 11) is -2.97. The Labute approximate surface area is 74.6 Å². The van der Waals surface area contributed by atoms with Gasteiger partial charge in [0.1, 0.15) is 0 Å². The van der Waals surface area contributed by atoms with Gasteiger partial charge in [-0.15, -0.1) is 0 Å². The Hall–Kier alpha value is -1.19. The van der Waals surface area contributed by atoms with Crippen molar-refractivity contribution in [2.75, 3.05) is 13.6 Å². The van der Waals surface area contributed by atoms with Gasteiger partial charge in [-0.05, 0) is 0 Å². The molecule has 0 saturated carbocycles. The highest BCUT2D eigenvalue weighted by atomic mass is 32.3. The van der Waals surface area contributed by atoms with Crippen LogP contribution in [0.25, 0.3) is 0 Å². The molecule has 0 atom stereocenters. The van der Waals surface area contributed by atoms with Gasteiger partial charge in [-0.1, -0.05) is 0 Å². The summed E-state index contributed by atoms with van der Waals surface area (Å²) in [5.74, 6) is 0.0903. The standard InChI is InChI=1S/C4H7N3O.H2O4S/c1-7-2-3(8)6-4(7)5;1-5(2,3)4/h2H2,1H3,(H2,5,6,8);(H2,1,2,3,4). The minimum atomic E-state index is -4.67. The van der Waals surface area contributed by atoms with E-state index in [2.05, 4.69) is 5.32 Å². The lowest BCUT2D eigenvalue weighted by atomic mass is 10.6. The number of hydrogen-bond acceptors (Lipinski definition) is 4. The van der Waals surface area contributed by atoms with Crippen molar-refractivity contribution in [2.45, 2.75) is 0 Å². The normalized spacial score (nSPS) is 16.4. The molecule has 1 aliphatic heterocycles. The van der Waals surface area contributed by atoms with Gasteiger partial charge in [0.25, 0.3) is 0 Å². The van der Waals surface area contributed by atoms with Crippen LogP contribution < -0.4 is 5.32 Å². The minimum Gasteiger partial charge on any atom is -0.337 e. The van der Waals surface area contributed by atoms with E-state index in [4.69, 9.17) is 22.9 Å². The van der Waals surface area contributed by atoms with Gasteiger partial charge < -0.3 is 4.90 Å². The van der Waals surface area contributed by atoms with Gasteiger partial charge in [0, 0.05) is 7.05 Å². The number of nitrogens with one attached hydrogen (secondary N) is 2. The van der Waals surface area contributed by atoms with Gasteiger partial charge in [0.05, 0.1) is 6.54 Å². The van der Waals surface area contributed by atoms with Crippen molar-refractivity contribution in [3.63, 3.8) is 0 Å². The number of hydrogen-bond donors (Lipinski definition) is 4. The van der Waals surface area contributed by atoms with E-state index in [0.29, 0.717) is 6.54 Å². The SMILES string of the molecule is CN1CC(=O)NC1=N.O=S(=O)(O)O. The molecule has 0 aromatic carbocycles. The van der Waals surface area contributed by atoms with Gasteiger partial charge in [-0.3, -0.25) is 24.6 Å². The molecular weight excluding hydrogens is 202 g/mol. The highest BCUT2D eigenvalue weighted by molar-refractivity contribution is 7.79. The first-order valence-electron chi connectivity index (χ1n) is 2.99. The van der Waals surface area contributed by atoms with Crippen LogP contribution >= 0.6 is 0 Å². The van der Waals surface area contributed by atoms with Gasteiger partial charge in [-0.25, -0.2) is 0 Å². The summed E-state index contributed by atoms with van der Waals surface area (Å²) in [5.41, 5.74) is 0. The fourth-order valence-electron chi connectivity index (χ4n) is 0.561. The van der Waals surface area contributed by atoms with Gasteiger partial charge in [0.2, 0.25) is 5.91 Å². The van der Waals surface area contributed by atoms with Crippen molar-refractivity contribution >= 4 is 22.3 Å². The monoisotopic (exact) mass is 211 g/mol. The van der Waals surface area contributed by atoms with E-state index in [1.54, 1.807) is 11.9 Å². The quantitative estimate of drug-likeness (QED) is 0.354. The molecule has 8 nitrogen and oxygen atoms in total. The summed E-state index contributed by atoms with van der Waals surface area (Å²) in [6.07, 6.45) is 0. The van der Waals surface area contributed by atoms with Crippen molar-refractivity contribution < 1.29 is 22.3 Å². The zero-order chi connectivity index (χ0) is 10.6. The predicted molar refractivity (Wildman–Crippen MR) is 42.7 cm³/mol. The lowest BCUT2D eigenvalue weighted by Gasteiger charge is -2.03. The third-order valence-corrected chi connectivity index (χ3v) is 1.02. The summed E-state index contributed by atoms with van der Waals surface area (Å²) < 4.78 is 31.6. The summed E-state index contributed by atoms with van der Waals surface area (Å²) in [5, 5.41) is 9.32. The zero-order valence-electron chi connectivity index (χ0n) is 6.68. The van der Waals surface area contributed by atoms with Crippen LogP contribution in [-0.2, 0) is 15.2 Å². The van der Waals surface area contributed by atoms with E-state index in [0.717, 1.165) is 0 Å². The second-order valence-electron chi connectivity index (χ2n) is 2.20. The molecule has 1 saturated heterocycles. The first-order chi connectivity index (χ1) is 5.70. The van der Waals surface area contributed by atoms with E-state index >= 15 is 0 Å². The third-order valence-electron chi connectivity index (χ3n) is 1.02. The average molecular weight is 211 g/mol. The molecule has 0 aromatic heterocycles. The molecule has 76 valence electrons. The molecule has 0 aliphatic carbocycles. The molecule has 4 N–H and O–H groups in total.